The molecule has 1 amide bonds. The maximum Gasteiger partial charge on any atom is 0.243 e. The number of amides is 1. The lowest BCUT2D eigenvalue weighted by Crippen LogP contribution is -2.43. The normalized spacial score (nSPS) is 17.1. The largest absolute Gasteiger partial charge is 0.349 e. The molecule has 1 aliphatic heterocycles. The molecule has 1 atom stereocenters. The van der Waals surface area contributed by atoms with E-state index in [9.17, 15) is 13.2 Å². The van der Waals surface area contributed by atoms with E-state index in [1.54, 1.807) is 24.3 Å². The van der Waals surface area contributed by atoms with Crippen molar-refractivity contribution in [1.82, 2.24) is 9.62 Å². The third kappa shape index (κ3) is 5.25. The van der Waals surface area contributed by atoms with E-state index in [0.29, 0.717) is 41.0 Å². The van der Waals surface area contributed by atoms with E-state index in [1.165, 1.54) is 16.4 Å². The monoisotopic (exact) mass is 474 g/mol. The Bertz CT molecular complexity index is 989. The first kappa shape index (κ1) is 22.4. The summed E-state index contributed by atoms with van der Waals surface area (Å²) >= 11 is 17.8. The Morgan fingerprint density at radius 1 is 1.03 bits per heavy atom. The highest BCUT2D eigenvalue weighted by atomic mass is 35.5. The molecule has 1 unspecified atom stereocenters. The molecule has 1 heterocycles. The lowest BCUT2D eigenvalue weighted by Gasteiger charge is -2.31. The minimum absolute atomic E-state index is 0.0906. The second-order valence-electron chi connectivity index (χ2n) is 7.04. The molecule has 1 saturated heterocycles. The first-order valence-corrected chi connectivity index (χ1v) is 11.8. The number of halogens is 3. The van der Waals surface area contributed by atoms with Gasteiger partial charge in [-0.3, -0.25) is 4.79 Å². The van der Waals surface area contributed by atoms with Gasteiger partial charge in [0.2, 0.25) is 15.9 Å². The summed E-state index contributed by atoms with van der Waals surface area (Å²) in [5, 5.41) is 4.36. The van der Waals surface area contributed by atoms with Crippen molar-refractivity contribution < 1.29 is 13.2 Å². The molecular formula is C20H21Cl3N2O3S. The molecule has 0 radical (unpaired) electrons. The van der Waals surface area contributed by atoms with Crippen LogP contribution in [0.4, 0.5) is 0 Å². The van der Waals surface area contributed by atoms with E-state index in [2.05, 4.69) is 5.32 Å². The van der Waals surface area contributed by atoms with Gasteiger partial charge in [-0.2, -0.15) is 4.31 Å². The van der Waals surface area contributed by atoms with Crippen molar-refractivity contribution in [2.24, 2.45) is 5.92 Å². The molecule has 156 valence electrons. The second-order valence-corrected chi connectivity index (χ2v) is 10.2. The zero-order valence-corrected chi connectivity index (χ0v) is 18.8. The maximum absolute atomic E-state index is 12.8. The van der Waals surface area contributed by atoms with E-state index in [4.69, 9.17) is 34.8 Å². The lowest BCUT2D eigenvalue weighted by atomic mass is 9.96. The van der Waals surface area contributed by atoms with Crippen LogP contribution >= 0.6 is 34.8 Å². The number of nitrogens with zero attached hydrogens (tertiary/aromatic N) is 1. The van der Waals surface area contributed by atoms with Crippen LogP contribution < -0.4 is 5.32 Å². The van der Waals surface area contributed by atoms with Gasteiger partial charge in [-0.15, -0.1) is 0 Å². The zero-order valence-electron chi connectivity index (χ0n) is 15.7. The molecule has 0 spiro atoms. The van der Waals surface area contributed by atoms with Gasteiger partial charge in [0.05, 0.1) is 21.0 Å². The summed E-state index contributed by atoms with van der Waals surface area (Å²) in [4.78, 5) is 12.9. The second kappa shape index (κ2) is 9.23. The molecular weight excluding hydrogens is 455 g/mol. The third-order valence-electron chi connectivity index (χ3n) is 5.08. The molecule has 3 rings (SSSR count). The number of carbonyl (C=O) groups is 1. The van der Waals surface area contributed by atoms with Crippen molar-refractivity contribution in [2.45, 2.75) is 30.7 Å². The lowest BCUT2D eigenvalue weighted by molar-refractivity contribution is -0.126. The number of hydrogen-bond acceptors (Lipinski definition) is 3. The minimum atomic E-state index is -3.59. The highest BCUT2D eigenvalue weighted by Gasteiger charge is 2.32. The van der Waals surface area contributed by atoms with Gasteiger partial charge >= 0.3 is 0 Å². The van der Waals surface area contributed by atoms with Gasteiger partial charge in [0.25, 0.3) is 0 Å². The molecule has 1 fully saturated rings. The standard InChI is InChI=1S/C20H21Cl3N2O3S/c1-13(15-2-7-18(22)19(23)12-15)24-20(26)14-8-10-25(11-9-14)29(27,28)17-5-3-16(21)4-6-17/h2-7,12-14H,8-11H2,1H3,(H,24,26). The Kier molecular flexibility index (Phi) is 7.12. The van der Waals surface area contributed by atoms with Crippen LogP contribution in [-0.2, 0) is 14.8 Å². The molecule has 1 N–H and O–H groups in total. The predicted molar refractivity (Wildman–Crippen MR) is 116 cm³/mol. The Morgan fingerprint density at radius 2 is 1.66 bits per heavy atom. The Hall–Kier alpha value is -1.31. The van der Waals surface area contributed by atoms with Crippen LogP contribution in [0.1, 0.15) is 31.4 Å². The van der Waals surface area contributed by atoms with Crippen LogP contribution in [0.25, 0.3) is 0 Å². The summed E-state index contributed by atoms with van der Waals surface area (Å²) in [6.45, 7) is 2.46. The molecule has 1 aliphatic rings. The number of nitrogens with one attached hydrogen (secondary N) is 1. The summed E-state index contributed by atoms with van der Waals surface area (Å²) in [7, 11) is -3.59. The van der Waals surface area contributed by atoms with E-state index >= 15 is 0 Å². The topological polar surface area (TPSA) is 66.5 Å². The van der Waals surface area contributed by atoms with Gasteiger partial charge in [-0.1, -0.05) is 40.9 Å². The van der Waals surface area contributed by atoms with Gasteiger partial charge < -0.3 is 5.32 Å². The number of benzene rings is 2. The number of carbonyl (C=O) groups excluding carboxylic acids is 1. The van der Waals surface area contributed by atoms with Crippen molar-refractivity contribution in [3.8, 4) is 0 Å². The van der Waals surface area contributed by atoms with Crippen molar-refractivity contribution in [1.29, 1.82) is 0 Å². The first-order chi connectivity index (χ1) is 13.7. The SMILES string of the molecule is CC(NC(=O)C1CCN(S(=O)(=O)c2ccc(Cl)cc2)CC1)c1ccc(Cl)c(Cl)c1. The molecule has 29 heavy (non-hydrogen) atoms. The van der Waals surface area contributed by atoms with Crippen LogP contribution in [0.5, 0.6) is 0 Å². The zero-order chi connectivity index (χ0) is 21.2. The van der Waals surface area contributed by atoms with Gasteiger partial charge in [-0.25, -0.2) is 8.42 Å². The van der Waals surface area contributed by atoms with Crippen molar-refractivity contribution in [2.75, 3.05) is 13.1 Å². The quantitative estimate of drug-likeness (QED) is 0.667. The molecule has 2 aromatic carbocycles. The van der Waals surface area contributed by atoms with E-state index in [0.717, 1.165) is 5.56 Å². The van der Waals surface area contributed by atoms with Crippen molar-refractivity contribution in [3.63, 3.8) is 0 Å². The van der Waals surface area contributed by atoms with Crippen LogP contribution in [0.2, 0.25) is 15.1 Å². The van der Waals surface area contributed by atoms with Crippen molar-refractivity contribution in [3.05, 3.63) is 63.1 Å². The van der Waals surface area contributed by atoms with E-state index in [1.807, 2.05) is 13.0 Å². The molecule has 9 heteroatoms. The Labute approximate surface area is 186 Å². The van der Waals surface area contributed by atoms with Crippen LogP contribution in [-0.4, -0.2) is 31.7 Å². The average molecular weight is 476 g/mol. The van der Waals surface area contributed by atoms with Gasteiger partial charge in [0.15, 0.2) is 0 Å². The summed E-state index contributed by atoms with van der Waals surface area (Å²) < 4.78 is 26.9. The molecule has 0 saturated carbocycles. The fourth-order valence-corrected chi connectivity index (χ4v) is 5.21. The highest BCUT2D eigenvalue weighted by molar-refractivity contribution is 7.89. The average Bonchev–Trinajstić information content (AvgIpc) is 2.70. The van der Waals surface area contributed by atoms with Gasteiger partial charge in [0, 0.05) is 24.0 Å². The number of hydrogen-bond donors (Lipinski definition) is 1. The summed E-state index contributed by atoms with van der Waals surface area (Å²) in [5.74, 6) is -0.330. The van der Waals surface area contributed by atoms with E-state index < -0.39 is 10.0 Å². The smallest absolute Gasteiger partial charge is 0.243 e. The first-order valence-electron chi connectivity index (χ1n) is 9.19. The van der Waals surface area contributed by atoms with Crippen LogP contribution in [0.15, 0.2) is 47.4 Å². The van der Waals surface area contributed by atoms with Crippen molar-refractivity contribution >= 4 is 50.7 Å². The van der Waals surface area contributed by atoms with Crippen LogP contribution in [0.3, 0.4) is 0 Å². The highest BCUT2D eigenvalue weighted by Crippen LogP contribution is 2.27. The Morgan fingerprint density at radius 3 is 2.24 bits per heavy atom. The van der Waals surface area contributed by atoms with Gasteiger partial charge in [-0.05, 0) is 61.7 Å². The van der Waals surface area contributed by atoms with Gasteiger partial charge in [0.1, 0.15) is 0 Å². The summed E-state index contributed by atoms with van der Waals surface area (Å²) in [6, 6.07) is 11.1. The van der Waals surface area contributed by atoms with Crippen LogP contribution in [0, 0.1) is 5.92 Å². The number of rotatable bonds is 5. The fourth-order valence-electron chi connectivity index (χ4n) is 3.31. The minimum Gasteiger partial charge on any atom is -0.349 e. The molecule has 0 aliphatic carbocycles. The van der Waals surface area contributed by atoms with E-state index in [-0.39, 0.29) is 22.8 Å². The summed E-state index contributed by atoms with van der Waals surface area (Å²) in [6.07, 6.45) is 0.930. The molecule has 2 aromatic rings. The number of sulfonamides is 1. The fraction of sp³-hybridized carbons (Fsp3) is 0.350. The number of piperidine rings is 1. The molecule has 0 bridgehead atoms. The Balaban J connectivity index is 1.59. The third-order valence-corrected chi connectivity index (χ3v) is 7.98. The molecule has 0 aromatic heterocycles. The molecule has 5 nitrogen and oxygen atoms in total. The summed E-state index contributed by atoms with van der Waals surface area (Å²) in [5.41, 5.74) is 0.857. The maximum atomic E-state index is 12.8. The predicted octanol–water partition coefficient (Wildman–Crippen LogP) is 4.92.